The highest BCUT2D eigenvalue weighted by Crippen LogP contribution is 2.45. The van der Waals surface area contributed by atoms with E-state index in [2.05, 4.69) is 0 Å². The molecule has 6 heteroatoms. The van der Waals surface area contributed by atoms with Crippen LogP contribution in [0.5, 0.6) is 11.5 Å². The maximum atomic E-state index is 12.4. The van der Waals surface area contributed by atoms with Crippen molar-refractivity contribution < 1.29 is 28.5 Å². The van der Waals surface area contributed by atoms with Gasteiger partial charge in [0.15, 0.2) is 0 Å². The van der Waals surface area contributed by atoms with Gasteiger partial charge >= 0.3 is 17.9 Å². The summed E-state index contributed by atoms with van der Waals surface area (Å²) in [5.74, 6) is -2.59. The highest BCUT2D eigenvalue weighted by molar-refractivity contribution is 5.99. The molecule has 110 valence electrons. The summed E-state index contributed by atoms with van der Waals surface area (Å²) < 4.78 is 21.4. The predicted molar refractivity (Wildman–Crippen MR) is 72.6 cm³/mol. The van der Waals surface area contributed by atoms with Crippen molar-refractivity contribution in [3.05, 3.63) is 59.2 Å². The second kappa shape index (κ2) is 4.24. The van der Waals surface area contributed by atoms with Gasteiger partial charge in [-0.15, -0.1) is 0 Å². The van der Waals surface area contributed by atoms with Crippen LogP contribution in [0, 0.1) is 0 Å². The zero-order valence-electron chi connectivity index (χ0n) is 11.5. The molecule has 2 aromatic rings. The molecule has 2 aliphatic rings. The topological polar surface area (TPSA) is 71.1 Å². The number of hydrogen-bond donors (Lipinski definition) is 0. The molecule has 0 radical (unpaired) electrons. The summed E-state index contributed by atoms with van der Waals surface area (Å²) in [5, 5.41) is 0. The minimum Gasteiger partial charge on any atom is -0.496 e. The summed E-state index contributed by atoms with van der Waals surface area (Å²) in [4.78, 5) is 24.3. The van der Waals surface area contributed by atoms with Crippen molar-refractivity contribution in [1.82, 2.24) is 0 Å². The van der Waals surface area contributed by atoms with Crippen LogP contribution in [0.3, 0.4) is 0 Å². The number of ether oxygens (including phenoxy) is 4. The van der Waals surface area contributed by atoms with E-state index >= 15 is 0 Å². The number of fused-ring (bicyclic) bond motifs is 3. The number of benzene rings is 2. The highest BCUT2D eigenvalue weighted by atomic mass is 16.9. The van der Waals surface area contributed by atoms with Gasteiger partial charge in [0.05, 0.1) is 18.2 Å². The van der Waals surface area contributed by atoms with Crippen molar-refractivity contribution in [2.45, 2.75) is 5.97 Å². The standard InChI is InChI=1S/C16H10O6/c1-19-11-7-4-8-12-13(11)15(18)22-16(20-12)10-6-3-2-5-9(10)14(17)21-16/h2-8H,1H3. The molecule has 0 amide bonds. The van der Waals surface area contributed by atoms with Gasteiger partial charge in [-0.2, -0.15) is 0 Å². The van der Waals surface area contributed by atoms with Crippen molar-refractivity contribution in [2.24, 2.45) is 0 Å². The van der Waals surface area contributed by atoms with Crippen molar-refractivity contribution in [1.29, 1.82) is 0 Å². The first-order valence-corrected chi connectivity index (χ1v) is 6.57. The molecule has 0 bridgehead atoms. The van der Waals surface area contributed by atoms with Gasteiger partial charge in [0.1, 0.15) is 17.1 Å². The molecular formula is C16H10O6. The lowest BCUT2D eigenvalue weighted by Crippen LogP contribution is -2.42. The van der Waals surface area contributed by atoms with Crippen LogP contribution >= 0.6 is 0 Å². The Kier molecular flexibility index (Phi) is 2.45. The molecule has 0 N–H and O–H groups in total. The van der Waals surface area contributed by atoms with Gasteiger partial charge in [-0.3, -0.25) is 0 Å². The van der Waals surface area contributed by atoms with Crippen LogP contribution in [0.1, 0.15) is 26.3 Å². The summed E-state index contributed by atoms with van der Waals surface area (Å²) in [6.45, 7) is 0. The smallest absolute Gasteiger partial charge is 0.453 e. The predicted octanol–water partition coefficient (Wildman–Crippen LogP) is 2.23. The monoisotopic (exact) mass is 298 g/mol. The van der Waals surface area contributed by atoms with Gasteiger partial charge in [0.25, 0.3) is 0 Å². The number of carbonyl (C=O) groups is 2. The quantitative estimate of drug-likeness (QED) is 0.752. The number of esters is 2. The molecule has 2 aliphatic heterocycles. The fourth-order valence-electron chi connectivity index (χ4n) is 2.62. The summed E-state index contributed by atoms with van der Waals surface area (Å²) in [6, 6.07) is 11.5. The molecule has 0 aromatic heterocycles. The van der Waals surface area contributed by atoms with E-state index in [1.165, 1.54) is 7.11 Å². The Labute approximate surface area is 125 Å². The Bertz CT molecular complexity index is 812. The molecule has 0 saturated carbocycles. The molecule has 2 aromatic carbocycles. The first-order chi connectivity index (χ1) is 10.6. The Hall–Kier alpha value is -3.02. The SMILES string of the molecule is COc1cccc2c1C(=O)OC1(OC(=O)c3ccccc31)O2. The number of rotatable bonds is 1. The summed E-state index contributed by atoms with van der Waals surface area (Å²) >= 11 is 0. The average molecular weight is 298 g/mol. The van der Waals surface area contributed by atoms with Gasteiger partial charge in [-0.25, -0.2) is 9.59 Å². The van der Waals surface area contributed by atoms with E-state index in [4.69, 9.17) is 18.9 Å². The van der Waals surface area contributed by atoms with Gasteiger partial charge in [0, 0.05) is 0 Å². The van der Waals surface area contributed by atoms with Gasteiger partial charge in [-0.05, 0) is 24.3 Å². The molecule has 0 fully saturated rings. The van der Waals surface area contributed by atoms with Crippen LogP contribution in [-0.4, -0.2) is 19.0 Å². The fraction of sp³-hybridized carbons (Fsp3) is 0.125. The van der Waals surface area contributed by atoms with Crippen molar-refractivity contribution in [3.8, 4) is 11.5 Å². The van der Waals surface area contributed by atoms with E-state index in [9.17, 15) is 9.59 Å². The largest absolute Gasteiger partial charge is 0.496 e. The minimum atomic E-state index is -1.87. The third-order valence-electron chi connectivity index (χ3n) is 3.59. The van der Waals surface area contributed by atoms with Crippen molar-refractivity contribution in [2.75, 3.05) is 7.11 Å². The van der Waals surface area contributed by atoms with Crippen LogP contribution in [0.2, 0.25) is 0 Å². The van der Waals surface area contributed by atoms with E-state index in [-0.39, 0.29) is 11.3 Å². The Morgan fingerprint density at radius 2 is 1.68 bits per heavy atom. The third-order valence-corrected chi connectivity index (χ3v) is 3.59. The van der Waals surface area contributed by atoms with Crippen LogP contribution in [0.4, 0.5) is 0 Å². The lowest BCUT2D eigenvalue weighted by atomic mass is 10.1. The number of carbonyl (C=O) groups excluding carboxylic acids is 2. The van der Waals surface area contributed by atoms with E-state index in [1.807, 2.05) is 0 Å². The van der Waals surface area contributed by atoms with Gasteiger partial charge < -0.3 is 18.9 Å². The summed E-state index contributed by atoms with van der Waals surface area (Å²) in [6.07, 6.45) is 0. The van der Waals surface area contributed by atoms with Crippen molar-refractivity contribution >= 4 is 11.9 Å². The second-order valence-electron chi connectivity index (χ2n) is 4.82. The lowest BCUT2D eigenvalue weighted by Gasteiger charge is -2.32. The second-order valence-corrected chi connectivity index (χ2v) is 4.82. The van der Waals surface area contributed by atoms with Gasteiger partial charge in [-0.1, -0.05) is 18.2 Å². The number of methoxy groups -OCH3 is 1. The zero-order valence-corrected chi connectivity index (χ0v) is 11.5. The van der Waals surface area contributed by atoms with E-state index in [0.29, 0.717) is 16.9 Å². The van der Waals surface area contributed by atoms with Gasteiger partial charge in [0.2, 0.25) is 0 Å². The Balaban J connectivity index is 1.88. The van der Waals surface area contributed by atoms with Crippen LogP contribution in [0.15, 0.2) is 42.5 Å². The first kappa shape index (κ1) is 12.7. The van der Waals surface area contributed by atoms with E-state index < -0.39 is 17.9 Å². The maximum Gasteiger partial charge on any atom is 0.453 e. The maximum absolute atomic E-state index is 12.4. The van der Waals surface area contributed by atoms with Crippen LogP contribution < -0.4 is 9.47 Å². The molecule has 0 aliphatic carbocycles. The molecular weight excluding hydrogens is 288 g/mol. The Morgan fingerprint density at radius 3 is 2.50 bits per heavy atom. The van der Waals surface area contributed by atoms with Crippen molar-refractivity contribution in [3.63, 3.8) is 0 Å². The average Bonchev–Trinajstić information content (AvgIpc) is 2.79. The molecule has 2 heterocycles. The van der Waals surface area contributed by atoms with Crippen LogP contribution in [0.25, 0.3) is 0 Å². The Morgan fingerprint density at radius 1 is 0.909 bits per heavy atom. The zero-order chi connectivity index (χ0) is 15.3. The molecule has 1 unspecified atom stereocenters. The molecule has 1 spiro atoms. The fourth-order valence-corrected chi connectivity index (χ4v) is 2.62. The van der Waals surface area contributed by atoms with E-state index in [0.717, 1.165) is 0 Å². The normalized spacial score (nSPS) is 21.5. The van der Waals surface area contributed by atoms with Crippen LogP contribution in [-0.2, 0) is 15.4 Å². The minimum absolute atomic E-state index is 0.163. The lowest BCUT2D eigenvalue weighted by molar-refractivity contribution is -0.295. The first-order valence-electron chi connectivity index (χ1n) is 6.57. The number of hydrogen-bond acceptors (Lipinski definition) is 6. The molecule has 6 nitrogen and oxygen atoms in total. The molecule has 22 heavy (non-hydrogen) atoms. The summed E-state index contributed by atoms with van der Waals surface area (Å²) in [5.41, 5.74) is 0.833. The molecule has 4 rings (SSSR count). The summed E-state index contributed by atoms with van der Waals surface area (Å²) in [7, 11) is 1.44. The van der Waals surface area contributed by atoms with E-state index in [1.54, 1.807) is 42.5 Å². The highest BCUT2D eigenvalue weighted by Gasteiger charge is 2.55. The molecule has 0 saturated heterocycles. The molecule has 1 atom stereocenters. The third kappa shape index (κ3) is 1.54.